The van der Waals surface area contributed by atoms with E-state index in [9.17, 15) is 0 Å². The van der Waals surface area contributed by atoms with Crippen LogP contribution in [0.25, 0.3) is 0 Å². The summed E-state index contributed by atoms with van der Waals surface area (Å²) >= 11 is 0. The van der Waals surface area contributed by atoms with E-state index in [-0.39, 0.29) is 0 Å². The summed E-state index contributed by atoms with van der Waals surface area (Å²) < 4.78 is 0. The molecule has 0 fully saturated rings. The van der Waals surface area contributed by atoms with Gasteiger partial charge in [-0.05, 0) is 25.5 Å². The van der Waals surface area contributed by atoms with Gasteiger partial charge in [-0.2, -0.15) is 0 Å². The number of anilines is 1. The number of rotatable bonds is 7. The van der Waals surface area contributed by atoms with E-state index in [0.717, 1.165) is 30.6 Å². The highest BCUT2D eigenvalue weighted by molar-refractivity contribution is 5.46. The quantitative estimate of drug-likeness (QED) is 0.744. The highest BCUT2D eigenvalue weighted by Gasteiger charge is 2.12. The molecule has 3 N–H and O–H groups in total. The minimum atomic E-state index is 0.355. The summed E-state index contributed by atoms with van der Waals surface area (Å²) in [6.45, 7) is 5.42. The monoisotopic (exact) mass is 221 g/mol. The summed E-state index contributed by atoms with van der Waals surface area (Å²) in [7, 11) is 0. The van der Waals surface area contributed by atoms with Crippen LogP contribution in [0.4, 0.5) is 5.69 Å². The maximum Gasteiger partial charge on any atom is 0.0393 e. The molecule has 3 heteroatoms. The van der Waals surface area contributed by atoms with E-state index in [2.05, 4.69) is 24.1 Å². The van der Waals surface area contributed by atoms with Crippen LogP contribution in [-0.2, 0) is 0 Å². The van der Waals surface area contributed by atoms with E-state index in [4.69, 9.17) is 5.73 Å². The summed E-state index contributed by atoms with van der Waals surface area (Å²) in [5, 5.41) is 3.54. The molecule has 0 bridgehead atoms. The van der Waals surface area contributed by atoms with Gasteiger partial charge in [-0.1, -0.05) is 26.7 Å². The number of aromatic nitrogens is 1. The lowest BCUT2D eigenvalue weighted by atomic mass is 10.0. The maximum absolute atomic E-state index is 5.98. The number of nitrogens with zero attached hydrogens (tertiary/aromatic N) is 1. The molecule has 1 unspecified atom stereocenters. The van der Waals surface area contributed by atoms with Crippen molar-refractivity contribution in [2.24, 2.45) is 0 Å². The zero-order chi connectivity index (χ0) is 11.8. The van der Waals surface area contributed by atoms with Crippen LogP contribution in [0.2, 0.25) is 0 Å². The van der Waals surface area contributed by atoms with Crippen molar-refractivity contribution in [3.63, 3.8) is 0 Å². The molecule has 0 saturated carbocycles. The van der Waals surface area contributed by atoms with Gasteiger partial charge in [0, 0.05) is 29.7 Å². The standard InChI is InChI=1S/C13H23N3/c1-3-5-6-13(16-8-4-2)11-10-15-9-7-12(11)14/h7,9-10,13,16H,3-6,8H2,1-2H3,(H2,14,15). The maximum atomic E-state index is 5.98. The molecule has 0 aliphatic rings. The van der Waals surface area contributed by atoms with Gasteiger partial charge in [-0.15, -0.1) is 0 Å². The average molecular weight is 221 g/mol. The third-order valence-electron chi connectivity index (χ3n) is 2.75. The lowest BCUT2D eigenvalue weighted by Gasteiger charge is -2.19. The van der Waals surface area contributed by atoms with Crippen LogP contribution >= 0.6 is 0 Å². The molecule has 0 aliphatic carbocycles. The van der Waals surface area contributed by atoms with Gasteiger partial charge in [0.25, 0.3) is 0 Å². The van der Waals surface area contributed by atoms with E-state index in [1.165, 1.54) is 12.8 Å². The Hall–Kier alpha value is -1.09. The first-order chi connectivity index (χ1) is 7.79. The molecule has 1 rings (SSSR count). The zero-order valence-electron chi connectivity index (χ0n) is 10.4. The molecule has 1 heterocycles. The van der Waals surface area contributed by atoms with Crippen LogP contribution in [0.3, 0.4) is 0 Å². The summed E-state index contributed by atoms with van der Waals surface area (Å²) in [5.74, 6) is 0. The summed E-state index contributed by atoms with van der Waals surface area (Å²) in [6.07, 6.45) is 8.34. The van der Waals surface area contributed by atoms with Gasteiger partial charge in [-0.25, -0.2) is 0 Å². The molecule has 1 aromatic rings. The molecular weight excluding hydrogens is 198 g/mol. The Kier molecular flexibility index (Phi) is 5.86. The van der Waals surface area contributed by atoms with Crippen LogP contribution in [0.5, 0.6) is 0 Å². The third-order valence-corrected chi connectivity index (χ3v) is 2.75. The molecule has 0 aliphatic heterocycles. The number of pyridine rings is 1. The van der Waals surface area contributed by atoms with Crippen LogP contribution in [0.15, 0.2) is 18.5 Å². The molecule has 1 atom stereocenters. The molecule has 0 aromatic carbocycles. The van der Waals surface area contributed by atoms with Gasteiger partial charge in [0.05, 0.1) is 0 Å². The molecule has 0 amide bonds. The topological polar surface area (TPSA) is 50.9 Å². The Morgan fingerprint density at radius 2 is 2.19 bits per heavy atom. The predicted molar refractivity (Wildman–Crippen MR) is 69.2 cm³/mol. The summed E-state index contributed by atoms with van der Waals surface area (Å²) in [5.41, 5.74) is 7.97. The van der Waals surface area contributed by atoms with E-state index >= 15 is 0 Å². The zero-order valence-corrected chi connectivity index (χ0v) is 10.4. The van der Waals surface area contributed by atoms with E-state index in [0.29, 0.717) is 6.04 Å². The molecule has 90 valence electrons. The predicted octanol–water partition coefficient (Wildman–Crippen LogP) is 2.89. The Balaban J connectivity index is 2.70. The van der Waals surface area contributed by atoms with Crippen molar-refractivity contribution in [1.82, 2.24) is 10.3 Å². The Morgan fingerprint density at radius 1 is 1.38 bits per heavy atom. The highest BCUT2D eigenvalue weighted by atomic mass is 14.9. The van der Waals surface area contributed by atoms with Gasteiger partial charge in [0.2, 0.25) is 0 Å². The smallest absolute Gasteiger partial charge is 0.0393 e. The second-order valence-corrected chi connectivity index (χ2v) is 4.15. The van der Waals surface area contributed by atoms with Crippen LogP contribution in [0.1, 0.15) is 51.1 Å². The van der Waals surface area contributed by atoms with Crippen LogP contribution in [0, 0.1) is 0 Å². The molecule has 0 radical (unpaired) electrons. The minimum Gasteiger partial charge on any atom is -0.398 e. The number of nitrogen functional groups attached to an aromatic ring is 1. The Morgan fingerprint density at radius 3 is 2.81 bits per heavy atom. The normalized spacial score (nSPS) is 12.6. The van der Waals surface area contributed by atoms with Gasteiger partial charge < -0.3 is 11.1 Å². The van der Waals surface area contributed by atoms with Crippen molar-refractivity contribution in [3.8, 4) is 0 Å². The second kappa shape index (κ2) is 7.23. The van der Waals surface area contributed by atoms with Crippen molar-refractivity contribution >= 4 is 5.69 Å². The average Bonchev–Trinajstić information content (AvgIpc) is 2.31. The lowest BCUT2D eigenvalue weighted by Crippen LogP contribution is -2.23. The molecule has 0 saturated heterocycles. The Bertz CT molecular complexity index is 291. The molecule has 1 aromatic heterocycles. The van der Waals surface area contributed by atoms with Crippen LogP contribution in [-0.4, -0.2) is 11.5 Å². The number of unbranched alkanes of at least 4 members (excludes halogenated alkanes) is 1. The fourth-order valence-corrected chi connectivity index (χ4v) is 1.80. The van der Waals surface area contributed by atoms with E-state index in [1.54, 1.807) is 6.20 Å². The number of nitrogens with one attached hydrogen (secondary N) is 1. The van der Waals surface area contributed by atoms with Gasteiger partial charge in [0.1, 0.15) is 0 Å². The number of nitrogens with two attached hydrogens (primary N) is 1. The second-order valence-electron chi connectivity index (χ2n) is 4.15. The van der Waals surface area contributed by atoms with Crippen molar-refractivity contribution in [2.45, 2.75) is 45.6 Å². The van der Waals surface area contributed by atoms with E-state index in [1.807, 2.05) is 12.3 Å². The number of hydrogen-bond acceptors (Lipinski definition) is 3. The first kappa shape index (κ1) is 13.0. The minimum absolute atomic E-state index is 0.355. The molecular formula is C13H23N3. The first-order valence-electron chi connectivity index (χ1n) is 6.22. The van der Waals surface area contributed by atoms with Gasteiger partial charge in [0.15, 0.2) is 0 Å². The van der Waals surface area contributed by atoms with Crippen molar-refractivity contribution in [2.75, 3.05) is 12.3 Å². The van der Waals surface area contributed by atoms with Crippen molar-refractivity contribution in [3.05, 3.63) is 24.0 Å². The van der Waals surface area contributed by atoms with Gasteiger partial charge in [-0.3, -0.25) is 4.98 Å². The first-order valence-corrected chi connectivity index (χ1v) is 6.22. The Labute approximate surface area is 98.5 Å². The molecule has 3 nitrogen and oxygen atoms in total. The van der Waals surface area contributed by atoms with Gasteiger partial charge >= 0.3 is 0 Å². The molecule has 16 heavy (non-hydrogen) atoms. The number of hydrogen-bond donors (Lipinski definition) is 2. The highest BCUT2D eigenvalue weighted by Crippen LogP contribution is 2.23. The summed E-state index contributed by atoms with van der Waals surface area (Å²) in [6, 6.07) is 2.23. The van der Waals surface area contributed by atoms with E-state index < -0.39 is 0 Å². The SMILES string of the molecule is CCCCC(NCCC)c1cnccc1N. The van der Waals surface area contributed by atoms with Crippen molar-refractivity contribution in [1.29, 1.82) is 0 Å². The third kappa shape index (κ3) is 3.81. The molecule has 0 spiro atoms. The fraction of sp³-hybridized carbons (Fsp3) is 0.615. The summed E-state index contributed by atoms with van der Waals surface area (Å²) in [4.78, 5) is 4.16. The largest absolute Gasteiger partial charge is 0.398 e. The fourth-order valence-electron chi connectivity index (χ4n) is 1.80. The van der Waals surface area contributed by atoms with Crippen LogP contribution < -0.4 is 11.1 Å². The lowest BCUT2D eigenvalue weighted by molar-refractivity contribution is 0.481. The van der Waals surface area contributed by atoms with Crippen molar-refractivity contribution < 1.29 is 0 Å².